The minimum atomic E-state index is -0.386. The topological polar surface area (TPSA) is 79.6 Å². The lowest BCUT2D eigenvalue weighted by Crippen LogP contribution is -2.48. The maximum absolute atomic E-state index is 12.6. The van der Waals surface area contributed by atoms with Crippen LogP contribution in [0.15, 0.2) is 47.4 Å². The Morgan fingerprint density at radius 1 is 1.16 bits per heavy atom. The monoisotopic (exact) mass is 456 g/mol. The molecular weight excluding hydrogens is 432 g/mol. The smallest absolute Gasteiger partial charge is 0.270 e. The molecule has 0 radical (unpaired) electrons. The van der Waals surface area contributed by atoms with Crippen LogP contribution in [0.25, 0.3) is 10.2 Å². The molecule has 1 aliphatic heterocycles. The van der Waals surface area contributed by atoms with Crippen LogP contribution in [-0.4, -0.2) is 52.6 Å². The van der Waals surface area contributed by atoms with Gasteiger partial charge in [-0.15, -0.1) is 11.8 Å². The number of amides is 1. The second kappa shape index (κ2) is 9.65. The minimum Gasteiger partial charge on any atom is -0.345 e. The molecule has 0 aliphatic carbocycles. The zero-order chi connectivity index (χ0) is 21.8. The zero-order valence-electron chi connectivity index (χ0n) is 17.3. The Labute approximate surface area is 189 Å². The molecule has 0 bridgehead atoms. The molecule has 1 aliphatic rings. The molecule has 7 nitrogen and oxygen atoms in total. The first-order chi connectivity index (χ1) is 15.0. The summed E-state index contributed by atoms with van der Waals surface area (Å²) in [4.78, 5) is 33.1. The summed E-state index contributed by atoms with van der Waals surface area (Å²) in [6.45, 7) is 4.90. The van der Waals surface area contributed by atoms with Gasteiger partial charge in [-0.25, -0.2) is 4.98 Å². The van der Waals surface area contributed by atoms with Crippen LogP contribution < -0.4 is 4.90 Å². The highest BCUT2D eigenvalue weighted by molar-refractivity contribution is 7.99. The summed E-state index contributed by atoms with van der Waals surface area (Å²) in [6.07, 6.45) is 1.44. The van der Waals surface area contributed by atoms with Gasteiger partial charge in [0.2, 0.25) is 5.91 Å². The average molecular weight is 457 g/mol. The number of non-ortho nitro benzene ring substituents is 1. The number of rotatable bonds is 7. The van der Waals surface area contributed by atoms with E-state index in [4.69, 9.17) is 0 Å². The van der Waals surface area contributed by atoms with Gasteiger partial charge in [0.1, 0.15) is 0 Å². The van der Waals surface area contributed by atoms with E-state index < -0.39 is 0 Å². The highest BCUT2D eigenvalue weighted by atomic mass is 32.2. The molecule has 0 unspecified atom stereocenters. The zero-order valence-corrected chi connectivity index (χ0v) is 19.0. The molecule has 0 atom stereocenters. The van der Waals surface area contributed by atoms with E-state index >= 15 is 0 Å². The number of hydrogen-bond donors (Lipinski definition) is 0. The van der Waals surface area contributed by atoms with Crippen molar-refractivity contribution in [2.75, 3.05) is 36.8 Å². The number of hydrogen-bond acceptors (Lipinski definition) is 7. The summed E-state index contributed by atoms with van der Waals surface area (Å²) in [6, 6.07) is 13.2. The number of thioether (sulfide) groups is 1. The van der Waals surface area contributed by atoms with Crippen molar-refractivity contribution in [2.45, 2.75) is 24.7 Å². The van der Waals surface area contributed by atoms with Crippen molar-refractivity contribution in [1.29, 1.82) is 0 Å². The molecule has 1 amide bonds. The summed E-state index contributed by atoms with van der Waals surface area (Å²) < 4.78 is 0.814. The molecule has 162 valence electrons. The number of aryl methyl sites for hydroxylation is 1. The summed E-state index contributed by atoms with van der Waals surface area (Å²) in [5.74, 6) is 1.15. The number of carbonyl (C=O) groups is 1. The normalized spacial score (nSPS) is 14.2. The summed E-state index contributed by atoms with van der Waals surface area (Å²) in [5, 5.41) is 11.8. The van der Waals surface area contributed by atoms with Crippen molar-refractivity contribution in [3.05, 3.63) is 58.1 Å². The maximum Gasteiger partial charge on any atom is 0.270 e. The Bertz CT molecular complexity index is 1080. The van der Waals surface area contributed by atoms with E-state index in [2.05, 4.69) is 41.1 Å². The Hall–Kier alpha value is -2.65. The van der Waals surface area contributed by atoms with Gasteiger partial charge in [0.15, 0.2) is 5.13 Å². The summed E-state index contributed by atoms with van der Waals surface area (Å²) in [5.41, 5.74) is 2.11. The number of carbonyl (C=O) groups excluding carboxylic acids is 1. The average Bonchev–Trinajstić information content (AvgIpc) is 3.21. The molecular formula is C22H24N4O3S2. The standard InChI is InChI=1S/C22H24N4O3S2/c1-16-4-7-18(8-5-16)30-14-2-3-21(27)24-10-12-25(13-11-24)22-23-19-9-6-17(26(28)29)15-20(19)31-22/h4-9,15H,2-3,10-14H2,1H3. The van der Waals surface area contributed by atoms with Gasteiger partial charge in [0, 0.05) is 49.6 Å². The van der Waals surface area contributed by atoms with Crippen molar-refractivity contribution in [3.8, 4) is 0 Å². The van der Waals surface area contributed by atoms with E-state index in [1.807, 2.05) is 4.90 Å². The van der Waals surface area contributed by atoms with Crippen molar-refractivity contribution < 1.29 is 9.72 Å². The molecule has 2 heterocycles. The minimum absolute atomic E-state index is 0.0821. The molecule has 9 heteroatoms. The Morgan fingerprint density at radius 3 is 2.61 bits per heavy atom. The lowest BCUT2D eigenvalue weighted by molar-refractivity contribution is -0.384. The largest absolute Gasteiger partial charge is 0.345 e. The Balaban J connectivity index is 1.24. The molecule has 3 aromatic rings. The number of thiazole rings is 1. The number of fused-ring (bicyclic) bond motifs is 1. The third-order valence-corrected chi connectivity index (χ3v) is 7.48. The molecule has 0 saturated carbocycles. The number of nitrogens with zero attached hydrogens (tertiary/aromatic N) is 4. The van der Waals surface area contributed by atoms with Crippen molar-refractivity contribution >= 4 is 50.0 Å². The Morgan fingerprint density at radius 2 is 1.90 bits per heavy atom. The van der Waals surface area contributed by atoms with E-state index in [1.165, 1.54) is 27.9 Å². The van der Waals surface area contributed by atoms with Gasteiger partial charge in [0.05, 0.1) is 15.1 Å². The SMILES string of the molecule is Cc1ccc(SCCCC(=O)N2CCN(c3nc4ccc([N+](=O)[O-])cc4s3)CC2)cc1. The summed E-state index contributed by atoms with van der Waals surface area (Å²) >= 11 is 3.26. The van der Waals surface area contributed by atoms with Gasteiger partial charge in [-0.1, -0.05) is 29.0 Å². The predicted octanol–water partition coefficient (Wildman–Crippen LogP) is 4.73. The van der Waals surface area contributed by atoms with Crippen LogP contribution in [0.3, 0.4) is 0 Å². The summed E-state index contributed by atoms with van der Waals surface area (Å²) in [7, 11) is 0. The van der Waals surface area contributed by atoms with Gasteiger partial charge in [-0.2, -0.15) is 0 Å². The van der Waals surface area contributed by atoms with Crippen LogP contribution in [0.1, 0.15) is 18.4 Å². The van der Waals surface area contributed by atoms with Gasteiger partial charge >= 0.3 is 0 Å². The third kappa shape index (κ3) is 5.34. The molecule has 0 spiro atoms. The van der Waals surface area contributed by atoms with Gasteiger partial charge in [-0.05, 0) is 37.3 Å². The van der Waals surface area contributed by atoms with E-state index in [0.29, 0.717) is 19.5 Å². The second-order valence-corrected chi connectivity index (χ2v) is 9.72. The number of aromatic nitrogens is 1. The van der Waals surface area contributed by atoms with E-state index in [1.54, 1.807) is 23.9 Å². The van der Waals surface area contributed by atoms with Crippen LogP contribution in [-0.2, 0) is 4.79 Å². The third-order valence-electron chi connectivity index (χ3n) is 5.30. The predicted molar refractivity (Wildman–Crippen MR) is 126 cm³/mol. The van der Waals surface area contributed by atoms with Crippen LogP contribution in [0.2, 0.25) is 0 Å². The van der Waals surface area contributed by atoms with Crippen LogP contribution in [0.5, 0.6) is 0 Å². The molecule has 0 N–H and O–H groups in total. The Kier molecular flexibility index (Phi) is 6.72. The van der Waals surface area contributed by atoms with E-state index in [9.17, 15) is 14.9 Å². The molecule has 1 saturated heterocycles. The van der Waals surface area contributed by atoms with Gasteiger partial charge in [-0.3, -0.25) is 14.9 Å². The fraction of sp³-hybridized carbons (Fsp3) is 0.364. The molecule has 1 fully saturated rings. The van der Waals surface area contributed by atoms with Gasteiger partial charge < -0.3 is 9.80 Å². The maximum atomic E-state index is 12.6. The first-order valence-electron chi connectivity index (χ1n) is 10.3. The highest BCUT2D eigenvalue weighted by Crippen LogP contribution is 2.32. The lowest BCUT2D eigenvalue weighted by Gasteiger charge is -2.34. The lowest BCUT2D eigenvalue weighted by atomic mass is 10.2. The fourth-order valence-electron chi connectivity index (χ4n) is 3.50. The van der Waals surface area contributed by atoms with Crippen LogP contribution in [0.4, 0.5) is 10.8 Å². The molecule has 1 aromatic heterocycles. The van der Waals surface area contributed by atoms with E-state index in [0.717, 1.165) is 40.6 Å². The first kappa shape index (κ1) is 21.6. The number of nitro groups is 1. The quantitative estimate of drug-likeness (QED) is 0.221. The van der Waals surface area contributed by atoms with E-state index in [-0.39, 0.29) is 16.5 Å². The highest BCUT2D eigenvalue weighted by Gasteiger charge is 2.23. The number of benzene rings is 2. The van der Waals surface area contributed by atoms with Crippen molar-refractivity contribution in [3.63, 3.8) is 0 Å². The molecule has 4 rings (SSSR count). The van der Waals surface area contributed by atoms with Crippen LogP contribution in [0, 0.1) is 17.0 Å². The first-order valence-corrected chi connectivity index (χ1v) is 12.1. The molecule has 31 heavy (non-hydrogen) atoms. The number of nitro benzene ring substituents is 1. The van der Waals surface area contributed by atoms with Crippen LogP contribution >= 0.6 is 23.1 Å². The fourth-order valence-corrected chi connectivity index (χ4v) is 5.41. The van der Waals surface area contributed by atoms with Crippen molar-refractivity contribution in [1.82, 2.24) is 9.88 Å². The van der Waals surface area contributed by atoms with Crippen molar-refractivity contribution in [2.24, 2.45) is 0 Å². The molecule has 2 aromatic carbocycles. The second-order valence-electron chi connectivity index (χ2n) is 7.54. The number of piperazine rings is 1. The van der Waals surface area contributed by atoms with Gasteiger partial charge in [0.25, 0.3) is 5.69 Å². The number of anilines is 1.